The van der Waals surface area contributed by atoms with Crippen LogP contribution in [0.5, 0.6) is 0 Å². The largest absolute Gasteiger partial charge is 0.756 e. The fraction of sp³-hybridized carbons (Fsp3) is 0.594. The van der Waals surface area contributed by atoms with E-state index in [1.165, 1.54) is 19.3 Å². The molecule has 0 saturated heterocycles. The lowest BCUT2D eigenvalue weighted by Crippen LogP contribution is -2.37. The average Bonchev–Trinajstić information content (AvgIpc) is 3.36. The van der Waals surface area contributed by atoms with Gasteiger partial charge in [-0.05, 0) is 116 Å². The minimum atomic E-state index is -4.65. The van der Waals surface area contributed by atoms with Gasteiger partial charge >= 0.3 is 11.9 Å². The van der Waals surface area contributed by atoms with E-state index in [0.29, 0.717) is 23.9 Å². The second-order valence-electron chi connectivity index (χ2n) is 19.5. The maximum atomic E-state index is 12.8. The summed E-state index contributed by atoms with van der Waals surface area (Å²) in [6.07, 6.45) is 78.9. The van der Waals surface area contributed by atoms with Gasteiger partial charge < -0.3 is 27.9 Å². The number of phosphoric ester groups is 1. The molecule has 0 aromatic heterocycles. The number of rotatable bonds is 50. The summed E-state index contributed by atoms with van der Waals surface area (Å²) >= 11 is 0. The summed E-state index contributed by atoms with van der Waals surface area (Å²) in [5, 5.41) is 0. The van der Waals surface area contributed by atoms with Crippen LogP contribution in [-0.4, -0.2) is 70.0 Å². The fourth-order valence-electron chi connectivity index (χ4n) is 7.01. The Morgan fingerprint density at radius 3 is 1.08 bits per heavy atom. The van der Waals surface area contributed by atoms with Gasteiger partial charge in [0.15, 0.2) is 6.10 Å². The van der Waals surface area contributed by atoms with E-state index in [4.69, 9.17) is 18.5 Å². The van der Waals surface area contributed by atoms with Crippen LogP contribution >= 0.6 is 7.82 Å². The maximum absolute atomic E-state index is 12.8. The van der Waals surface area contributed by atoms with Crippen LogP contribution in [0.15, 0.2) is 146 Å². The first kappa shape index (κ1) is 69.9. The van der Waals surface area contributed by atoms with Gasteiger partial charge in [-0.25, -0.2) is 0 Å². The number of carbonyl (C=O) groups is 2. The van der Waals surface area contributed by atoms with Crippen LogP contribution in [-0.2, 0) is 32.7 Å². The monoisotopic (exact) mass is 1050 g/mol. The first-order chi connectivity index (χ1) is 36.0. The molecule has 0 amide bonds. The lowest BCUT2D eigenvalue weighted by molar-refractivity contribution is -0.870. The van der Waals surface area contributed by atoms with E-state index in [1.807, 2.05) is 21.1 Å². The van der Waals surface area contributed by atoms with Gasteiger partial charge in [0.25, 0.3) is 7.82 Å². The molecular formula is C64H104NO8P. The molecule has 0 rings (SSSR count). The van der Waals surface area contributed by atoms with Gasteiger partial charge in [-0.2, -0.15) is 0 Å². The van der Waals surface area contributed by atoms with Gasteiger partial charge in [0.1, 0.15) is 19.8 Å². The normalized spacial score (nSPS) is 14.4. The third-order valence-corrected chi connectivity index (χ3v) is 12.3. The number of phosphoric acid groups is 1. The van der Waals surface area contributed by atoms with Crippen molar-refractivity contribution in [3.63, 3.8) is 0 Å². The highest BCUT2D eigenvalue weighted by Crippen LogP contribution is 2.38. The van der Waals surface area contributed by atoms with Crippen LogP contribution in [0.3, 0.4) is 0 Å². The average molecular weight is 1050 g/mol. The Kier molecular flexibility index (Phi) is 50.7. The van der Waals surface area contributed by atoms with Crippen molar-refractivity contribution in [1.29, 1.82) is 0 Å². The molecule has 418 valence electrons. The summed E-state index contributed by atoms with van der Waals surface area (Å²) in [6.45, 7) is 3.95. The number of carbonyl (C=O) groups excluding carboxylic acids is 2. The molecule has 0 aliphatic heterocycles. The smallest absolute Gasteiger partial charge is 0.306 e. The number of ether oxygens (including phenoxy) is 2. The van der Waals surface area contributed by atoms with Crippen molar-refractivity contribution < 1.29 is 42.1 Å². The Morgan fingerprint density at radius 2 is 0.730 bits per heavy atom. The Morgan fingerprint density at radius 1 is 0.419 bits per heavy atom. The molecule has 0 heterocycles. The number of nitrogens with zero attached hydrogens (tertiary/aromatic N) is 1. The SMILES string of the molecule is CC/C=C\C/C=C\C/C=C\C/C=C\C/C=C\C/C=C\C/C=C\C/C=C\C/C=C\CCCCCCCC(=O)OC(COC(=O)CCCCCCCCC/C=C\C/C=C\C/C=C\CC)COP(=O)([O-])OCC[N+](C)(C)C. The van der Waals surface area contributed by atoms with Crippen molar-refractivity contribution in [3.8, 4) is 0 Å². The Labute approximate surface area is 453 Å². The Balaban J connectivity index is 4.27. The zero-order valence-electron chi connectivity index (χ0n) is 47.2. The number of unbranched alkanes of at least 4 members (excludes halogenated alkanes) is 12. The maximum Gasteiger partial charge on any atom is 0.306 e. The third-order valence-electron chi connectivity index (χ3n) is 11.4. The van der Waals surface area contributed by atoms with E-state index >= 15 is 0 Å². The van der Waals surface area contributed by atoms with Gasteiger partial charge in [0, 0.05) is 12.8 Å². The van der Waals surface area contributed by atoms with E-state index in [0.717, 1.165) is 135 Å². The van der Waals surface area contributed by atoms with Crippen molar-refractivity contribution >= 4 is 19.8 Å². The van der Waals surface area contributed by atoms with Gasteiger partial charge in [-0.15, -0.1) is 0 Å². The molecule has 10 heteroatoms. The molecule has 0 saturated carbocycles. The van der Waals surface area contributed by atoms with Crippen molar-refractivity contribution in [3.05, 3.63) is 146 Å². The minimum absolute atomic E-state index is 0.0454. The molecule has 2 atom stereocenters. The highest BCUT2D eigenvalue weighted by molar-refractivity contribution is 7.45. The Bertz CT molecular complexity index is 1760. The van der Waals surface area contributed by atoms with Crippen LogP contribution in [0.4, 0.5) is 0 Å². The highest BCUT2D eigenvalue weighted by atomic mass is 31.2. The molecule has 0 aromatic carbocycles. The van der Waals surface area contributed by atoms with Crippen molar-refractivity contribution in [2.24, 2.45) is 0 Å². The lowest BCUT2D eigenvalue weighted by atomic mass is 10.1. The van der Waals surface area contributed by atoms with Crippen LogP contribution in [0.2, 0.25) is 0 Å². The minimum Gasteiger partial charge on any atom is -0.756 e. The topological polar surface area (TPSA) is 111 Å². The molecule has 0 N–H and O–H groups in total. The van der Waals surface area contributed by atoms with Gasteiger partial charge in [-0.1, -0.05) is 211 Å². The predicted octanol–water partition coefficient (Wildman–Crippen LogP) is 17.3. The van der Waals surface area contributed by atoms with Gasteiger partial charge in [0.2, 0.25) is 0 Å². The molecule has 9 nitrogen and oxygen atoms in total. The quantitative estimate of drug-likeness (QED) is 0.0195. The van der Waals surface area contributed by atoms with Crippen LogP contribution in [0, 0.1) is 0 Å². The van der Waals surface area contributed by atoms with Crippen molar-refractivity contribution in [2.75, 3.05) is 47.5 Å². The molecule has 0 radical (unpaired) electrons. The Hall–Kier alpha value is -4.11. The molecular weight excluding hydrogens is 942 g/mol. The van der Waals surface area contributed by atoms with Crippen LogP contribution < -0.4 is 4.89 Å². The standard InChI is InChI=1S/C64H104NO8P/c1-6-8-10-12-14-16-18-20-22-24-25-26-27-28-29-30-31-32-33-34-35-36-37-38-39-41-43-45-47-49-51-53-55-57-64(67)73-62(61-72-74(68,69)71-59-58-65(3,4)5)60-70-63(66)56-54-52-50-48-46-44-42-40-23-21-19-17-15-13-11-9-7-2/h8-11,14-17,20-23,25-26,28-29,31-32,34-35,37-38,41,43,62H,6-7,12-13,18-19,24,27,30,33,36,39-40,42,44-61H2,1-5H3/b10-8-,11-9-,16-14-,17-15-,22-20-,23-21-,26-25-,29-28-,32-31-,35-34-,38-37-,43-41-. The van der Waals surface area contributed by atoms with Crippen molar-refractivity contribution in [1.82, 2.24) is 0 Å². The van der Waals surface area contributed by atoms with Crippen LogP contribution in [0.25, 0.3) is 0 Å². The summed E-state index contributed by atoms with van der Waals surface area (Å²) in [5.41, 5.74) is 0. The molecule has 0 spiro atoms. The van der Waals surface area contributed by atoms with E-state index in [9.17, 15) is 19.0 Å². The number of hydrogen-bond donors (Lipinski definition) is 0. The predicted molar refractivity (Wildman–Crippen MR) is 314 cm³/mol. The number of allylic oxidation sites excluding steroid dienone is 24. The van der Waals surface area contributed by atoms with Gasteiger partial charge in [0.05, 0.1) is 27.7 Å². The molecule has 0 aliphatic carbocycles. The first-order valence-corrected chi connectivity index (χ1v) is 30.0. The lowest BCUT2D eigenvalue weighted by Gasteiger charge is -2.28. The second kappa shape index (κ2) is 53.7. The summed E-state index contributed by atoms with van der Waals surface area (Å²) < 4.78 is 34.1. The molecule has 0 bridgehead atoms. The summed E-state index contributed by atoms with van der Waals surface area (Å²) in [6, 6.07) is 0. The number of esters is 2. The number of hydrogen-bond acceptors (Lipinski definition) is 8. The fourth-order valence-corrected chi connectivity index (χ4v) is 7.74. The van der Waals surface area contributed by atoms with E-state index in [-0.39, 0.29) is 26.1 Å². The zero-order valence-corrected chi connectivity index (χ0v) is 48.1. The van der Waals surface area contributed by atoms with E-state index < -0.39 is 32.5 Å². The summed E-state index contributed by atoms with van der Waals surface area (Å²) in [7, 11) is 1.12. The second-order valence-corrected chi connectivity index (χ2v) is 20.9. The number of likely N-dealkylation sites (N-methyl/N-ethyl adjacent to an activating group) is 1. The third kappa shape index (κ3) is 57.2. The van der Waals surface area contributed by atoms with E-state index in [2.05, 4.69) is 160 Å². The molecule has 2 unspecified atom stereocenters. The first-order valence-electron chi connectivity index (χ1n) is 28.5. The summed E-state index contributed by atoms with van der Waals surface area (Å²) in [5.74, 6) is -0.880. The highest BCUT2D eigenvalue weighted by Gasteiger charge is 2.21. The van der Waals surface area contributed by atoms with Crippen LogP contribution in [0.1, 0.15) is 194 Å². The molecule has 0 aromatic rings. The molecule has 74 heavy (non-hydrogen) atoms. The van der Waals surface area contributed by atoms with Crippen molar-refractivity contribution in [2.45, 2.75) is 200 Å². The van der Waals surface area contributed by atoms with E-state index in [1.54, 1.807) is 0 Å². The zero-order chi connectivity index (χ0) is 54.2. The molecule has 0 aliphatic rings. The molecule has 0 fully saturated rings. The number of quaternary nitrogens is 1. The van der Waals surface area contributed by atoms with Gasteiger partial charge in [-0.3, -0.25) is 14.2 Å². The summed E-state index contributed by atoms with van der Waals surface area (Å²) in [4.78, 5) is 37.8.